The van der Waals surface area contributed by atoms with Crippen molar-refractivity contribution in [3.05, 3.63) is 0 Å². The van der Waals surface area contributed by atoms with Crippen molar-refractivity contribution in [2.75, 3.05) is 19.8 Å². The van der Waals surface area contributed by atoms with Gasteiger partial charge < -0.3 is 35.7 Å². The number of unbranched alkanes of at least 4 members (excludes halogenated alkanes) is 5. The van der Waals surface area contributed by atoms with Gasteiger partial charge in [-0.3, -0.25) is 4.79 Å². The molecular weight excluding hydrogens is 356 g/mol. The Morgan fingerprint density at radius 3 is 1.56 bits per heavy atom. The van der Waals surface area contributed by atoms with Gasteiger partial charge >= 0.3 is 5.97 Å². The first kappa shape index (κ1) is 26.2. The summed E-state index contributed by atoms with van der Waals surface area (Å²) >= 11 is 0. The lowest BCUT2D eigenvalue weighted by atomic mass is 9.80. The quantitative estimate of drug-likeness (QED) is 0.163. The van der Waals surface area contributed by atoms with Crippen molar-refractivity contribution in [1.29, 1.82) is 0 Å². The normalized spacial score (nSPS) is 17.3. The first-order chi connectivity index (χ1) is 12.8. The molecule has 0 rings (SSSR count). The van der Waals surface area contributed by atoms with Crippen LogP contribution in [0.4, 0.5) is 0 Å². The number of aliphatic hydroxyl groups is 6. The largest absolute Gasteiger partial charge is 0.481 e. The Balaban J connectivity index is 4.33. The summed E-state index contributed by atoms with van der Waals surface area (Å²) in [6.45, 7) is -1.16. The van der Waals surface area contributed by atoms with Crippen molar-refractivity contribution in [3.8, 4) is 0 Å². The maximum Gasteiger partial charge on any atom is 0.306 e. The molecule has 0 aromatic carbocycles. The molecule has 0 spiro atoms. The van der Waals surface area contributed by atoms with E-state index in [1.54, 1.807) is 0 Å². The Morgan fingerprint density at radius 1 is 0.630 bits per heavy atom. The van der Waals surface area contributed by atoms with Gasteiger partial charge in [-0.15, -0.1) is 0 Å². The standard InChI is InChI=1S/C19H38O8/c20-11-15(23)8-6-4-2-1-3-5-7-14(9-16(24)12-21)18(19(26)27)10-17(25)13-22/h14-18,20-25H,1-13H2,(H,26,27). The van der Waals surface area contributed by atoms with Gasteiger partial charge in [0.05, 0.1) is 44.1 Å². The third-order valence-corrected chi connectivity index (χ3v) is 4.98. The van der Waals surface area contributed by atoms with Gasteiger partial charge in [-0.25, -0.2) is 0 Å². The lowest BCUT2D eigenvalue weighted by Crippen LogP contribution is -2.32. The third kappa shape index (κ3) is 13.1. The molecule has 0 bridgehead atoms. The number of hydrogen-bond acceptors (Lipinski definition) is 7. The maximum atomic E-state index is 11.6. The van der Waals surface area contributed by atoms with Crippen LogP contribution < -0.4 is 0 Å². The molecule has 27 heavy (non-hydrogen) atoms. The van der Waals surface area contributed by atoms with Crippen LogP contribution in [0.3, 0.4) is 0 Å². The molecule has 0 aromatic rings. The van der Waals surface area contributed by atoms with E-state index in [0.717, 1.165) is 38.5 Å². The number of carboxylic acid groups (broad SMARTS) is 1. The molecule has 0 aliphatic heterocycles. The molecule has 0 radical (unpaired) electrons. The first-order valence-electron chi connectivity index (χ1n) is 9.95. The number of aliphatic carboxylic acids is 1. The highest BCUT2D eigenvalue weighted by atomic mass is 16.4. The molecule has 0 heterocycles. The smallest absolute Gasteiger partial charge is 0.306 e. The molecule has 0 aromatic heterocycles. The molecule has 8 nitrogen and oxygen atoms in total. The number of hydrogen-bond donors (Lipinski definition) is 7. The Morgan fingerprint density at radius 2 is 1.07 bits per heavy atom. The van der Waals surface area contributed by atoms with Crippen molar-refractivity contribution in [1.82, 2.24) is 0 Å². The van der Waals surface area contributed by atoms with Crippen LogP contribution in [0, 0.1) is 11.8 Å². The van der Waals surface area contributed by atoms with Gasteiger partial charge in [-0.1, -0.05) is 38.5 Å². The topological polar surface area (TPSA) is 159 Å². The molecular formula is C19H38O8. The molecule has 0 saturated heterocycles. The monoisotopic (exact) mass is 394 g/mol. The van der Waals surface area contributed by atoms with E-state index in [9.17, 15) is 25.2 Å². The second-order valence-electron chi connectivity index (χ2n) is 7.38. The van der Waals surface area contributed by atoms with Crippen molar-refractivity contribution in [2.45, 2.75) is 82.5 Å². The SMILES string of the molecule is O=C(O)C(CC(O)CO)C(CCCCCCCCC(O)CO)CC(O)CO. The summed E-state index contributed by atoms with van der Waals surface area (Å²) in [6.07, 6.45) is 3.92. The van der Waals surface area contributed by atoms with Gasteiger partial charge in [-0.2, -0.15) is 0 Å². The van der Waals surface area contributed by atoms with E-state index < -0.39 is 43.4 Å². The highest BCUT2D eigenvalue weighted by Crippen LogP contribution is 2.28. The Kier molecular flexibility index (Phi) is 15.7. The van der Waals surface area contributed by atoms with Gasteiger partial charge in [0, 0.05) is 0 Å². The minimum Gasteiger partial charge on any atom is -0.481 e. The van der Waals surface area contributed by atoms with Crippen LogP contribution in [0.15, 0.2) is 0 Å². The van der Waals surface area contributed by atoms with Gasteiger partial charge in [0.1, 0.15) is 0 Å². The molecule has 0 fully saturated rings. The fraction of sp³-hybridized carbons (Fsp3) is 0.947. The number of rotatable bonds is 18. The van der Waals surface area contributed by atoms with Crippen LogP contribution in [0.25, 0.3) is 0 Å². The minimum absolute atomic E-state index is 0.0815. The van der Waals surface area contributed by atoms with Crippen LogP contribution in [0.5, 0.6) is 0 Å². The fourth-order valence-electron chi connectivity index (χ4n) is 3.35. The van der Waals surface area contributed by atoms with Crippen LogP contribution in [-0.4, -0.2) is 79.8 Å². The number of aliphatic hydroxyl groups excluding tert-OH is 6. The summed E-state index contributed by atoms with van der Waals surface area (Å²) in [5.41, 5.74) is 0. The highest BCUT2D eigenvalue weighted by Gasteiger charge is 2.31. The zero-order valence-electron chi connectivity index (χ0n) is 16.1. The summed E-state index contributed by atoms with van der Waals surface area (Å²) in [7, 11) is 0. The zero-order chi connectivity index (χ0) is 20.7. The second-order valence-corrected chi connectivity index (χ2v) is 7.38. The van der Waals surface area contributed by atoms with Crippen molar-refractivity contribution >= 4 is 5.97 Å². The molecule has 162 valence electrons. The van der Waals surface area contributed by atoms with Gasteiger partial charge in [0.2, 0.25) is 0 Å². The first-order valence-corrected chi connectivity index (χ1v) is 9.95. The van der Waals surface area contributed by atoms with Gasteiger partial charge in [0.15, 0.2) is 0 Å². The summed E-state index contributed by atoms with van der Waals surface area (Å²) < 4.78 is 0. The van der Waals surface area contributed by atoms with Crippen LogP contribution in [0.1, 0.15) is 64.2 Å². The number of carboxylic acids is 1. The zero-order valence-corrected chi connectivity index (χ0v) is 16.1. The molecule has 5 unspecified atom stereocenters. The maximum absolute atomic E-state index is 11.6. The van der Waals surface area contributed by atoms with E-state index in [2.05, 4.69) is 0 Å². The van der Waals surface area contributed by atoms with E-state index >= 15 is 0 Å². The third-order valence-electron chi connectivity index (χ3n) is 4.98. The lowest BCUT2D eigenvalue weighted by molar-refractivity contribution is -0.146. The van der Waals surface area contributed by atoms with Crippen LogP contribution in [-0.2, 0) is 4.79 Å². The Hall–Kier alpha value is -0.770. The lowest BCUT2D eigenvalue weighted by Gasteiger charge is -2.27. The van der Waals surface area contributed by atoms with Crippen molar-refractivity contribution in [3.63, 3.8) is 0 Å². The molecule has 0 aliphatic rings. The predicted octanol–water partition coefficient (Wildman–Crippen LogP) is 0.264. The molecule has 0 aliphatic carbocycles. The fourth-order valence-corrected chi connectivity index (χ4v) is 3.35. The van der Waals surface area contributed by atoms with Crippen molar-refractivity contribution in [2.24, 2.45) is 11.8 Å². The molecule has 7 N–H and O–H groups in total. The van der Waals surface area contributed by atoms with E-state index in [4.69, 9.17) is 15.3 Å². The average Bonchev–Trinajstić information content (AvgIpc) is 2.66. The molecule has 0 saturated carbocycles. The Bertz CT molecular complexity index is 366. The van der Waals surface area contributed by atoms with E-state index in [-0.39, 0.29) is 25.4 Å². The summed E-state index contributed by atoms with van der Waals surface area (Å²) in [6, 6.07) is 0. The minimum atomic E-state index is -1.12. The average molecular weight is 395 g/mol. The van der Waals surface area contributed by atoms with Gasteiger partial charge in [-0.05, 0) is 31.6 Å². The molecule has 0 amide bonds. The molecule has 5 atom stereocenters. The van der Waals surface area contributed by atoms with Gasteiger partial charge in [0.25, 0.3) is 0 Å². The Labute approximate surface area is 161 Å². The molecule has 8 heteroatoms. The number of carbonyl (C=O) groups is 1. The van der Waals surface area contributed by atoms with Crippen molar-refractivity contribution < 1.29 is 40.5 Å². The van der Waals surface area contributed by atoms with E-state index in [1.807, 2.05) is 0 Å². The highest BCUT2D eigenvalue weighted by molar-refractivity contribution is 5.70. The van der Waals surface area contributed by atoms with Crippen LogP contribution in [0.2, 0.25) is 0 Å². The summed E-state index contributed by atoms with van der Waals surface area (Å²) in [5.74, 6) is -2.33. The van der Waals surface area contributed by atoms with E-state index in [0.29, 0.717) is 12.8 Å². The van der Waals surface area contributed by atoms with E-state index in [1.165, 1.54) is 0 Å². The second kappa shape index (κ2) is 16.2. The van der Waals surface area contributed by atoms with Crippen LogP contribution >= 0.6 is 0 Å². The predicted molar refractivity (Wildman–Crippen MR) is 100 cm³/mol. The summed E-state index contributed by atoms with van der Waals surface area (Å²) in [4.78, 5) is 11.6. The summed E-state index contributed by atoms with van der Waals surface area (Å²) in [5, 5.41) is 64.8.